The van der Waals surface area contributed by atoms with Crippen LogP contribution in [0, 0.1) is 0 Å². The van der Waals surface area contributed by atoms with Crippen LogP contribution in [0.25, 0.3) is 0 Å². The zero-order valence-electron chi connectivity index (χ0n) is 12.1. The molecular weight excluding hydrogens is 268 g/mol. The minimum absolute atomic E-state index is 0.0204. The van der Waals surface area contributed by atoms with Crippen molar-refractivity contribution in [3.8, 4) is 0 Å². The molecule has 0 radical (unpaired) electrons. The van der Waals surface area contributed by atoms with Crippen LogP contribution < -0.4 is 0 Å². The number of aryl methyl sites for hydroxylation is 1. The SMILES string of the molecule is CC(C)c1ccc(CCC2=C(O)C(=O)C=C(O)C2=O)cc1. The predicted molar refractivity (Wildman–Crippen MR) is 79.2 cm³/mol. The lowest BCUT2D eigenvalue weighted by Gasteiger charge is -2.12. The predicted octanol–water partition coefficient (Wildman–Crippen LogP) is 3.15. The quantitative estimate of drug-likeness (QED) is 0.834. The molecule has 1 aliphatic carbocycles. The van der Waals surface area contributed by atoms with Crippen LogP contribution in [-0.4, -0.2) is 21.8 Å². The van der Waals surface area contributed by atoms with Crippen molar-refractivity contribution >= 4 is 11.6 Å². The fraction of sp³-hybridized carbons (Fsp3) is 0.294. The third kappa shape index (κ3) is 3.21. The summed E-state index contributed by atoms with van der Waals surface area (Å²) in [7, 11) is 0. The average molecular weight is 286 g/mol. The minimum atomic E-state index is -0.725. The van der Waals surface area contributed by atoms with Crippen LogP contribution >= 0.6 is 0 Å². The first kappa shape index (κ1) is 15.0. The molecule has 0 heterocycles. The normalized spacial score (nSPS) is 15.7. The van der Waals surface area contributed by atoms with Gasteiger partial charge in [0.2, 0.25) is 11.6 Å². The summed E-state index contributed by atoms with van der Waals surface area (Å²) in [5.41, 5.74) is 2.22. The molecular formula is C17H18O4. The van der Waals surface area contributed by atoms with Crippen molar-refractivity contribution in [1.82, 2.24) is 0 Å². The molecule has 2 N–H and O–H groups in total. The van der Waals surface area contributed by atoms with Gasteiger partial charge < -0.3 is 10.2 Å². The van der Waals surface area contributed by atoms with Crippen molar-refractivity contribution in [3.05, 3.63) is 58.6 Å². The maximum Gasteiger partial charge on any atom is 0.227 e. The highest BCUT2D eigenvalue weighted by molar-refractivity contribution is 6.20. The second-order valence-electron chi connectivity index (χ2n) is 5.45. The molecule has 21 heavy (non-hydrogen) atoms. The number of hydrogen-bond acceptors (Lipinski definition) is 4. The molecule has 0 unspecified atom stereocenters. The number of rotatable bonds is 4. The second-order valence-corrected chi connectivity index (χ2v) is 5.45. The van der Waals surface area contributed by atoms with E-state index in [0.717, 1.165) is 11.6 Å². The van der Waals surface area contributed by atoms with Crippen LogP contribution in [0.1, 0.15) is 37.3 Å². The van der Waals surface area contributed by atoms with Crippen molar-refractivity contribution in [2.45, 2.75) is 32.6 Å². The number of aliphatic hydroxyl groups is 2. The van der Waals surface area contributed by atoms with Crippen LogP contribution in [0.4, 0.5) is 0 Å². The maximum absolute atomic E-state index is 11.8. The van der Waals surface area contributed by atoms with Crippen LogP contribution in [0.3, 0.4) is 0 Å². The van der Waals surface area contributed by atoms with E-state index >= 15 is 0 Å². The Hall–Kier alpha value is -2.36. The Morgan fingerprint density at radius 3 is 2.19 bits per heavy atom. The molecule has 0 bridgehead atoms. The summed E-state index contributed by atoms with van der Waals surface area (Å²) in [6.45, 7) is 4.22. The van der Waals surface area contributed by atoms with Gasteiger partial charge in [0.1, 0.15) is 0 Å². The van der Waals surface area contributed by atoms with E-state index in [1.807, 2.05) is 24.3 Å². The lowest BCUT2D eigenvalue weighted by molar-refractivity contribution is -0.119. The number of allylic oxidation sites excluding steroid dienone is 2. The van der Waals surface area contributed by atoms with Gasteiger partial charge in [-0.15, -0.1) is 0 Å². The Bertz CT molecular complexity index is 633. The second kappa shape index (κ2) is 5.95. The molecule has 4 nitrogen and oxygen atoms in total. The van der Waals surface area contributed by atoms with Crippen molar-refractivity contribution in [3.63, 3.8) is 0 Å². The number of aliphatic hydroxyl groups excluding tert-OH is 2. The van der Waals surface area contributed by atoms with Crippen LogP contribution in [0.15, 0.2) is 47.4 Å². The van der Waals surface area contributed by atoms with Crippen molar-refractivity contribution < 1.29 is 19.8 Å². The van der Waals surface area contributed by atoms with Gasteiger partial charge in [-0.05, 0) is 29.9 Å². The number of Topliss-reactive ketones (excluding diaryl/α,β-unsaturated/α-hetero) is 1. The summed E-state index contributed by atoms with van der Waals surface area (Å²) < 4.78 is 0. The zero-order chi connectivity index (χ0) is 15.6. The summed E-state index contributed by atoms with van der Waals surface area (Å²) in [4.78, 5) is 23.2. The lowest BCUT2D eigenvalue weighted by atomic mass is 9.93. The smallest absolute Gasteiger partial charge is 0.227 e. The first-order chi connectivity index (χ1) is 9.90. The molecule has 1 aromatic carbocycles. The Balaban J connectivity index is 2.10. The van der Waals surface area contributed by atoms with E-state index in [4.69, 9.17) is 0 Å². The number of carbonyl (C=O) groups is 2. The molecule has 0 aliphatic heterocycles. The number of ketones is 2. The summed E-state index contributed by atoms with van der Waals surface area (Å²) >= 11 is 0. The molecule has 0 fully saturated rings. The van der Waals surface area contributed by atoms with Gasteiger partial charge >= 0.3 is 0 Å². The van der Waals surface area contributed by atoms with Crippen LogP contribution in [-0.2, 0) is 16.0 Å². The van der Waals surface area contributed by atoms with E-state index in [2.05, 4.69) is 13.8 Å². The van der Waals surface area contributed by atoms with Gasteiger partial charge in [-0.3, -0.25) is 9.59 Å². The van der Waals surface area contributed by atoms with Crippen molar-refractivity contribution in [2.75, 3.05) is 0 Å². The van der Waals surface area contributed by atoms with E-state index in [1.54, 1.807) is 0 Å². The molecule has 0 aromatic heterocycles. The van der Waals surface area contributed by atoms with E-state index in [1.165, 1.54) is 5.56 Å². The summed E-state index contributed by atoms with van der Waals surface area (Å²) in [6.07, 6.45) is 1.48. The highest BCUT2D eigenvalue weighted by Gasteiger charge is 2.27. The molecule has 2 rings (SSSR count). The Morgan fingerprint density at radius 2 is 1.62 bits per heavy atom. The first-order valence-corrected chi connectivity index (χ1v) is 6.90. The van der Waals surface area contributed by atoms with Gasteiger partial charge in [0.15, 0.2) is 11.5 Å². The van der Waals surface area contributed by atoms with Crippen LogP contribution in [0.2, 0.25) is 0 Å². The van der Waals surface area contributed by atoms with Gasteiger partial charge in [-0.1, -0.05) is 38.1 Å². The van der Waals surface area contributed by atoms with Crippen molar-refractivity contribution in [1.29, 1.82) is 0 Å². The molecule has 1 aromatic rings. The van der Waals surface area contributed by atoms with Gasteiger partial charge in [0.05, 0.1) is 0 Å². The van der Waals surface area contributed by atoms with Gasteiger partial charge in [0.25, 0.3) is 0 Å². The van der Waals surface area contributed by atoms with E-state index < -0.39 is 23.1 Å². The Labute approximate surface area is 123 Å². The Morgan fingerprint density at radius 1 is 1.00 bits per heavy atom. The monoisotopic (exact) mass is 286 g/mol. The van der Waals surface area contributed by atoms with Gasteiger partial charge in [-0.25, -0.2) is 0 Å². The minimum Gasteiger partial charge on any atom is -0.504 e. The standard InChI is InChI=1S/C17H18O4/c1-10(2)12-6-3-11(4-7-12)5-8-13-16(20)14(18)9-15(19)17(13)21/h3-4,6-7,9-10,18,21H,5,8H2,1-2H3. The molecule has 0 spiro atoms. The molecule has 0 atom stereocenters. The molecule has 1 aliphatic rings. The topological polar surface area (TPSA) is 74.6 Å². The van der Waals surface area contributed by atoms with Crippen molar-refractivity contribution in [2.24, 2.45) is 0 Å². The van der Waals surface area contributed by atoms with E-state index in [0.29, 0.717) is 12.3 Å². The number of carbonyl (C=O) groups excluding carboxylic acids is 2. The third-order valence-corrected chi connectivity index (χ3v) is 3.60. The molecule has 4 heteroatoms. The highest BCUT2D eigenvalue weighted by atomic mass is 16.3. The number of benzene rings is 1. The maximum atomic E-state index is 11.8. The fourth-order valence-electron chi connectivity index (χ4n) is 2.24. The third-order valence-electron chi connectivity index (χ3n) is 3.60. The number of hydrogen-bond donors (Lipinski definition) is 2. The molecule has 0 amide bonds. The molecule has 0 saturated carbocycles. The lowest BCUT2D eigenvalue weighted by Crippen LogP contribution is -2.19. The fourth-order valence-corrected chi connectivity index (χ4v) is 2.24. The summed E-state index contributed by atoms with van der Waals surface area (Å²) in [6, 6.07) is 7.99. The highest BCUT2D eigenvalue weighted by Crippen LogP contribution is 2.22. The van der Waals surface area contributed by atoms with Gasteiger partial charge in [-0.2, -0.15) is 0 Å². The van der Waals surface area contributed by atoms with Gasteiger partial charge in [0, 0.05) is 11.6 Å². The van der Waals surface area contributed by atoms with Crippen LogP contribution in [0.5, 0.6) is 0 Å². The summed E-state index contributed by atoms with van der Waals surface area (Å²) in [5.74, 6) is -2.12. The van der Waals surface area contributed by atoms with E-state index in [-0.39, 0.29) is 12.0 Å². The molecule has 0 saturated heterocycles. The average Bonchev–Trinajstić information content (AvgIpc) is 2.45. The van der Waals surface area contributed by atoms with E-state index in [9.17, 15) is 19.8 Å². The first-order valence-electron chi connectivity index (χ1n) is 6.90. The molecule has 110 valence electrons. The largest absolute Gasteiger partial charge is 0.504 e. The Kier molecular flexibility index (Phi) is 4.26. The zero-order valence-corrected chi connectivity index (χ0v) is 12.1. The summed E-state index contributed by atoms with van der Waals surface area (Å²) in [5, 5.41) is 19.1.